The molecule has 0 radical (unpaired) electrons. The number of rotatable bonds is 5. The van der Waals surface area contributed by atoms with E-state index < -0.39 is 21.6 Å². The second-order valence-electron chi connectivity index (χ2n) is 8.31. The molecule has 0 bridgehead atoms. The van der Waals surface area contributed by atoms with Crippen molar-refractivity contribution in [2.75, 3.05) is 30.8 Å². The van der Waals surface area contributed by atoms with E-state index in [9.17, 15) is 21.6 Å². The molecule has 0 amide bonds. The van der Waals surface area contributed by atoms with Crippen molar-refractivity contribution in [2.45, 2.75) is 23.7 Å². The summed E-state index contributed by atoms with van der Waals surface area (Å²) in [6, 6.07) is 22.2. The first kappa shape index (κ1) is 23.3. The molecule has 1 saturated heterocycles. The molecule has 174 valence electrons. The molecule has 4 nitrogen and oxygen atoms in total. The fraction of sp³-hybridized carbons (Fsp3) is 0.280. The number of benzene rings is 3. The van der Waals surface area contributed by atoms with Gasteiger partial charge in [-0.3, -0.25) is 4.90 Å². The van der Waals surface area contributed by atoms with Crippen molar-refractivity contribution in [1.82, 2.24) is 4.90 Å². The zero-order valence-corrected chi connectivity index (χ0v) is 19.0. The summed E-state index contributed by atoms with van der Waals surface area (Å²) >= 11 is 0. The third-order valence-electron chi connectivity index (χ3n) is 5.95. The van der Waals surface area contributed by atoms with Gasteiger partial charge < -0.3 is 4.90 Å². The van der Waals surface area contributed by atoms with Crippen LogP contribution in [0, 0.1) is 0 Å². The van der Waals surface area contributed by atoms with Crippen LogP contribution in [0.25, 0.3) is 0 Å². The van der Waals surface area contributed by atoms with Crippen LogP contribution in [0.4, 0.5) is 18.9 Å². The van der Waals surface area contributed by atoms with Gasteiger partial charge in [-0.15, -0.1) is 0 Å². The number of alkyl halides is 3. The molecule has 0 aliphatic carbocycles. The molecule has 4 rings (SSSR count). The first-order chi connectivity index (χ1) is 15.6. The molecule has 0 aromatic heterocycles. The topological polar surface area (TPSA) is 40.6 Å². The molecular weight excluding hydrogens is 449 g/mol. The summed E-state index contributed by atoms with van der Waals surface area (Å²) < 4.78 is 62.7. The van der Waals surface area contributed by atoms with E-state index in [4.69, 9.17) is 0 Å². The van der Waals surface area contributed by atoms with Crippen LogP contribution in [0.2, 0.25) is 0 Å². The summed E-state index contributed by atoms with van der Waals surface area (Å²) in [6.45, 7) is 2.52. The highest BCUT2D eigenvalue weighted by atomic mass is 32.2. The highest BCUT2D eigenvalue weighted by molar-refractivity contribution is 7.90. The van der Waals surface area contributed by atoms with Crippen LogP contribution >= 0.6 is 0 Å². The Kier molecular flexibility index (Phi) is 6.50. The highest BCUT2D eigenvalue weighted by Crippen LogP contribution is 2.32. The molecule has 0 spiro atoms. The summed E-state index contributed by atoms with van der Waals surface area (Å²) in [4.78, 5) is 4.70. The van der Waals surface area contributed by atoms with Gasteiger partial charge in [0.1, 0.15) is 0 Å². The van der Waals surface area contributed by atoms with E-state index in [2.05, 4.69) is 9.80 Å². The van der Waals surface area contributed by atoms with Crippen LogP contribution in [0.1, 0.15) is 22.7 Å². The van der Waals surface area contributed by atoms with Crippen molar-refractivity contribution in [1.29, 1.82) is 0 Å². The number of nitrogens with zero attached hydrogens (tertiary/aromatic N) is 2. The van der Waals surface area contributed by atoms with Gasteiger partial charge in [-0.1, -0.05) is 48.5 Å². The van der Waals surface area contributed by atoms with Gasteiger partial charge in [0, 0.05) is 38.1 Å². The van der Waals surface area contributed by atoms with E-state index in [0.29, 0.717) is 26.2 Å². The molecule has 0 N–H and O–H groups in total. The average molecular weight is 475 g/mol. The zero-order valence-electron chi connectivity index (χ0n) is 18.2. The minimum atomic E-state index is -4.35. The Morgan fingerprint density at radius 1 is 0.909 bits per heavy atom. The lowest BCUT2D eigenvalue weighted by Crippen LogP contribution is -2.48. The van der Waals surface area contributed by atoms with Crippen LogP contribution in [-0.2, 0) is 22.6 Å². The molecule has 0 unspecified atom stereocenters. The van der Waals surface area contributed by atoms with Crippen LogP contribution in [0.5, 0.6) is 0 Å². The molecule has 8 heteroatoms. The molecular formula is C25H25F3N2O2S. The standard InChI is InChI=1S/C25H25F3N2O2S/c1-33(31,32)23-9-5-8-22(16-23)29-14-15-30(24(18-29)20-6-3-2-4-7-20)17-19-10-12-21(13-11-19)25(26,27)28/h2-13,16,24H,14-15,17-18H2,1H3/t24-/m1/s1. The van der Waals surface area contributed by atoms with E-state index in [1.807, 2.05) is 36.4 Å². The monoisotopic (exact) mass is 474 g/mol. The lowest BCUT2D eigenvalue weighted by atomic mass is 10.0. The Morgan fingerprint density at radius 3 is 2.24 bits per heavy atom. The van der Waals surface area contributed by atoms with Crippen LogP contribution < -0.4 is 4.90 Å². The quantitative estimate of drug-likeness (QED) is 0.512. The molecule has 3 aromatic rings. The Morgan fingerprint density at radius 2 is 1.61 bits per heavy atom. The Hall–Kier alpha value is -2.84. The maximum atomic E-state index is 12.9. The maximum Gasteiger partial charge on any atom is 0.416 e. The van der Waals surface area contributed by atoms with Crippen LogP contribution in [0.3, 0.4) is 0 Å². The van der Waals surface area contributed by atoms with Gasteiger partial charge in [-0.25, -0.2) is 8.42 Å². The Labute approximate surface area is 192 Å². The Bertz CT molecular complexity index is 1200. The lowest BCUT2D eigenvalue weighted by Gasteiger charge is -2.43. The predicted molar refractivity (Wildman–Crippen MR) is 123 cm³/mol. The summed E-state index contributed by atoms with van der Waals surface area (Å²) in [5, 5.41) is 0. The molecule has 1 heterocycles. The van der Waals surface area contributed by atoms with Crippen molar-refractivity contribution < 1.29 is 21.6 Å². The number of anilines is 1. The SMILES string of the molecule is CS(=O)(=O)c1cccc(N2CCN(Cc3ccc(C(F)(F)F)cc3)[C@@H](c3ccccc3)C2)c1. The number of halogens is 3. The van der Waals surface area contributed by atoms with Crippen molar-refractivity contribution in [3.63, 3.8) is 0 Å². The van der Waals surface area contributed by atoms with Crippen molar-refractivity contribution in [3.8, 4) is 0 Å². The normalized spacial score (nSPS) is 17.8. The van der Waals surface area contributed by atoms with E-state index in [1.165, 1.54) is 18.4 Å². The molecule has 1 aliphatic rings. The van der Waals surface area contributed by atoms with E-state index in [0.717, 1.165) is 28.9 Å². The summed E-state index contributed by atoms with van der Waals surface area (Å²) in [6.07, 6.45) is -3.15. The minimum Gasteiger partial charge on any atom is -0.368 e. The fourth-order valence-corrected chi connectivity index (χ4v) is 4.84. The predicted octanol–water partition coefficient (Wildman–Crippen LogP) is 5.17. The van der Waals surface area contributed by atoms with Crippen LogP contribution in [-0.4, -0.2) is 39.2 Å². The summed E-state index contributed by atoms with van der Waals surface area (Å²) in [7, 11) is -3.31. The van der Waals surface area contributed by atoms with E-state index in [-0.39, 0.29) is 10.9 Å². The van der Waals surface area contributed by atoms with Crippen LogP contribution in [0.15, 0.2) is 83.8 Å². The molecule has 1 atom stereocenters. The van der Waals surface area contributed by atoms with Crippen molar-refractivity contribution in [2.24, 2.45) is 0 Å². The minimum absolute atomic E-state index is 0.00383. The first-order valence-electron chi connectivity index (χ1n) is 10.6. The van der Waals surface area contributed by atoms with Gasteiger partial charge >= 0.3 is 6.18 Å². The second kappa shape index (κ2) is 9.19. The first-order valence-corrected chi connectivity index (χ1v) is 12.5. The van der Waals surface area contributed by atoms with Gasteiger partial charge in [-0.05, 0) is 41.5 Å². The maximum absolute atomic E-state index is 12.9. The molecule has 0 saturated carbocycles. The van der Waals surface area contributed by atoms with Crippen molar-refractivity contribution in [3.05, 3.63) is 95.6 Å². The molecule has 33 heavy (non-hydrogen) atoms. The van der Waals surface area contributed by atoms with Crippen molar-refractivity contribution >= 4 is 15.5 Å². The molecule has 1 fully saturated rings. The van der Waals surface area contributed by atoms with E-state index >= 15 is 0 Å². The van der Waals surface area contributed by atoms with Gasteiger partial charge in [0.05, 0.1) is 16.5 Å². The molecule has 1 aliphatic heterocycles. The van der Waals surface area contributed by atoms with E-state index in [1.54, 1.807) is 18.2 Å². The summed E-state index contributed by atoms with van der Waals surface area (Å²) in [5.74, 6) is 0. The third-order valence-corrected chi connectivity index (χ3v) is 7.06. The molecule has 3 aromatic carbocycles. The van der Waals surface area contributed by atoms with Gasteiger partial charge in [0.25, 0.3) is 0 Å². The smallest absolute Gasteiger partial charge is 0.368 e. The largest absolute Gasteiger partial charge is 0.416 e. The number of hydrogen-bond acceptors (Lipinski definition) is 4. The third kappa shape index (κ3) is 5.57. The summed E-state index contributed by atoms with van der Waals surface area (Å²) in [5.41, 5.74) is 2.11. The van der Waals surface area contributed by atoms with Gasteiger partial charge in [0.15, 0.2) is 9.84 Å². The fourth-order valence-electron chi connectivity index (χ4n) is 4.18. The lowest BCUT2D eigenvalue weighted by molar-refractivity contribution is -0.137. The Balaban J connectivity index is 1.58. The number of sulfone groups is 1. The van der Waals surface area contributed by atoms with Gasteiger partial charge in [-0.2, -0.15) is 13.2 Å². The second-order valence-corrected chi connectivity index (χ2v) is 10.3. The van der Waals surface area contributed by atoms with Gasteiger partial charge in [0.2, 0.25) is 0 Å². The number of hydrogen-bond donors (Lipinski definition) is 0. The number of piperazine rings is 1. The average Bonchev–Trinajstić information content (AvgIpc) is 2.79. The highest BCUT2D eigenvalue weighted by Gasteiger charge is 2.31. The zero-order chi connectivity index (χ0) is 23.6.